The lowest BCUT2D eigenvalue weighted by Crippen LogP contribution is -2.46. The van der Waals surface area contributed by atoms with Gasteiger partial charge in [0.1, 0.15) is 5.82 Å². The van der Waals surface area contributed by atoms with Crippen LogP contribution in [0.5, 0.6) is 0 Å². The molecule has 3 aromatic rings. The Morgan fingerprint density at radius 1 is 0.912 bits per heavy atom. The lowest BCUT2D eigenvalue weighted by atomic mass is 10.1. The van der Waals surface area contributed by atoms with Crippen molar-refractivity contribution in [2.24, 2.45) is 0 Å². The van der Waals surface area contributed by atoms with E-state index in [4.69, 9.17) is 4.74 Å². The van der Waals surface area contributed by atoms with E-state index in [1.54, 1.807) is 19.1 Å². The number of anilines is 2. The zero-order chi connectivity index (χ0) is 23.9. The highest BCUT2D eigenvalue weighted by Gasteiger charge is 2.22. The van der Waals surface area contributed by atoms with Crippen molar-refractivity contribution in [3.63, 3.8) is 0 Å². The maximum atomic E-state index is 13.3. The number of benzene rings is 3. The normalized spacial score (nSPS) is 14.0. The standard InChI is InChI=1S/C27H28FN3O3/c1-2-34-27(33)22-10-13-25(24(18-22)29-26(32)21-8-11-23(28)12-9-21)31-16-14-30(15-17-31)19-20-6-4-3-5-7-20/h3-13,18H,2,14-17,19H2,1H3,(H,29,32). The minimum Gasteiger partial charge on any atom is -0.462 e. The molecule has 1 fully saturated rings. The van der Waals surface area contributed by atoms with Gasteiger partial charge in [0.2, 0.25) is 0 Å². The zero-order valence-electron chi connectivity index (χ0n) is 19.2. The van der Waals surface area contributed by atoms with Crippen molar-refractivity contribution in [1.29, 1.82) is 0 Å². The van der Waals surface area contributed by atoms with Gasteiger partial charge in [0.15, 0.2) is 0 Å². The highest BCUT2D eigenvalue weighted by molar-refractivity contribution is 6.06. The molecule has 0 unspecified atom stereocenters. The minimum atomic E-state index is -0.445. The fraction of sp³-hybridized carbons (Fsp3) is 0.259. The number of ether oxygens (including phenoxy) is 1. The largest absolute Gasteiger partial charge is 0.462 e. The first-order valence-corrected chi connectivity index (χ1v) is 11.4. The zero-order valence-corrected chi connectivity index (χ0v) is 19.2. The monoisotopic (exact) mass is 461 g/mol. The third-order valence-electron chi connectivity index (χ3n) is 5.82. The molecule has 176 valence electrons. The average molecular weight is 462 g/mol. The highest BCUT2D eigenvalue weighted by atomic mass is 19.1. The number of piperazine rings is 1. The van der Waals surface area contributed by atoms with Crippen molar-refractivity contribution in [2.45, 2.75) is 13.5 Å². The topological polar surface area (TPSA) is 61.9 Å². The van der Waals surface area contributed by atoms with Crippen LogP contribution < -0.4 is 10.2 Å². The van der Waals surface area contributed by atoms with Gasteiger partial charge in [-0.2, -0.15) is 0 Å². The molecule has 0 atom stereocenters. The Hall–Kier alpha value is -3.71. The number of halogens is 1. The molecule has 4 rings (SSSR count). The van der Waals surface area contributed by atoms with Crippen LogP contribution in [0.3, 0.4) is 0 Å². The minimum absolute atomic E-state index is 0.265. The van der Waals surface area contributed by atoms with Crippen LogP contribution in [0.15, 0.2) is 72.8 Å². The molecule has 0 saturated carbocycles. The smallest absolute Gasteiger partial charge is 0.338 e. The van der Waals surface area contributed by atoms with Gasteiger partial charge in [0, 0.05) is 38.3 Å². The number of amides is 1. The summed E-state index contributed by atoms with van der Waals surface area (Å²) >= 11 is 0. The van der Waals surface area contributed by atoms with Crippen molar-refractivity contribution in [3.05, 3.63) is 95.3 Å². The van der Waals surface area contributed by atoms with Crippen molar-refractivity contribution in [3.8, 4) is 0 Å². The SMILES string of the molecule is CCOC(=O)c1ccc(N2CCN(Cc3ccccc3)CC2)c(NC(=O)c2ccc(F)cc2)c1. The third-order valence-corrected chi connectivity index (χ3v) is 5.82. The number of nitrogens with one attached hydrogen (secondary N) is 1. The van der Waals surface area contributed by atoms with Gasteiger partial charge in [-0.15, -0.1) is 0 Å². The van der Waals surface area contributed by atoms with Crippen LogP contribution in [-0.4, -0.2) is 49.6 Å². The Kier molecular flexibility index (Phi) is 7.54. The number of carbonyl (C=O) groups is 2. The third kappa shape index (κ3) is 5.80. The molecular formula is C27H28FN3O3. The number of esters is 1. The van der Waals surface area contributed by atoms with E-state index >= 15 is 0 Å². The summed E-state index contributed by atoms with van der Waals surface area (Å²) in [6, 6.07) is 20.9. The van der Waals surface area contributed by atoms with E-state index in [1.165, 1.54) is 29.8 Å². The second-order valence-electron chi connectivity index (χ2n) is 8.16. The van der Waals surface area contributed by atoms with Crippen molar-refractivity contribution in [1.82, 2.24) is 4.90 Å². The molecule has 34 heavy (non-hydrogen) atoms. The van der Waals surface area contributed by atoms with Gasteiger partial charge in [0.25, 0.3) is 5.91 Å². The van der Waals surface area contributed by atoms with Gasteiger partial charge < -0.3 is 15.0 Å². The van der Waals surface area contributed by atoms with Crippen LogP contribution in [-0.2, 0) is 11.3 Å². The molecule has 0 aromatic heterocycles. The van der Waals surface area contributed by atoms with E-state index in [1.807, 2.05) is 24.3 Å². The molecule has 6 nitrogen and oxygen atoms in total. The van der Waals surface area contributed by atoms with E-state index in [-0.39, 0.29) is 12.5 Å². The summed E-state index contributed by atoms with van der Waals surface area (Å²) < 4.78 is 18.4. The van der Waals surface area contributed by atoms with Crippen LogP contribution in [0, 0.1) is 5.82 Å². The fourth-order valence-corrected chi connectivity index (χ4v) is 4.04. The number of carbonyl (C=O) groups excluding carboxylic acids is 2. The Morgan fingerprint density at radius 3 is 2.26 bits per heavy atom. The number of nitrogens with zero attached hydrogens (tertiary/aromatic N) is 2. The first-order valence-electron chi connectivity index (χ1n) is 11.4. The summed E-state index contributed by atoms with van der Waals surface area (Å²) in [6.45, 7) is 6.22. The first kappa shape index (κ1) is 23.4. The van der Waals surface area contributed by atoms with Crippen LogP contribution in [0.4, 0.5) is 15.8 Å². The quantitative estimate of drug-likeness (QED) is 0.522. The van der Waals surface area contributed by atoms with E-state index in [0.717, 1.165) is 38.4 Å². The summed E-state index contributed by atoms with van der Waals surface area (Å²) in [4.78, 5) is 29.7. The van der Waals surface area contributed by atoms with Crippen LogP contribution in [0.2, 0.25) is 0 Å². The van der Waals surface area contributed by atoms with Crippen LogP contribution in [0.25, 0.3) is 0 Å². The Labute approximate surface area is 198 Å². The summed E-state index contributed by atoms with van der Waals surface area (Å²) in [6.07, 6.45) is 0. The van der Waals surface area contributed by atoms with Crippen molar-refractivity contribution >= 4 is 23.3 Å². The van der Waals surface area contributed by atoms with Gasteiger partial charge in [-0.3, -0.25) is 9.69 Å². The Balaban J connectivity index is 1.52. The number of hydrogen-bond acceptors (Lipinski definition) is 5. The molecule has 1 amide bonds. The second kappa shape index (κ2) is 10.9. The maximum absolute atomic E-state index is 13.3. The molecule has 1 saturated heterocycles. The van der Waals surface area contributed by atoms with Gasteiger partial charge in [0.05, 0.1) is 23.5 Å². The average Bonchev–Trinajstić information content (AvgIpc) is 2.86. The summed E-state index contributed by atoms with van der Waals surface area (Å²) in [5.74, 6) is -1.22. The van der Waals surface area contributed by atoms with E-state index in [9.17, 15) is 14.0 Å². The summed E-state index contributed by atoms with van der Waals surface area (Å²) in [5, 5.41) is 2.91. The van der Waals surface area contributed by atoms with Crippen molar-refractivity contribution in [2.75, 3.05) is 43.0 Å². The van der Waals surface area contributed by atoms with Crippen LogP contribution in [0.1, 0.15) is 33.2 Å². The lowest BCUT2D eigenvalue weighted by Gasteiger charge is -2.37. The molecule has 1 aliphatic heterocycles. The highest BCUT2D eigenvalue weighted by Crippen LogP contribution is 2.29. The predicted octanol–water partition coefficient (Wildman–Crippen LogP) is 4.58. The molecule has 1 N–H and O–H groups in total. The molecule has 1 heterocycles. The maximum Gasteiger partial charge on any atom is 0.338 e. The predicted molar refractivity (Wildman–Crippen MR) is 131 cm³/mol. The Bertz CT molecular complexity index is 1130. The van der Waals surface area contributed by atoms with Gasteiger partial charge in [-0.05, 0) is 55.0 Å². The van der Waals surface area contributed by atoms with E-state index in [0.29, 0.717) is 16.8 Å². The van der Waals surface area contributed by atoms with E-state index in [2.05, 4.69) is 27.2 Å². The molecule has 0 aliphatic carbocycles. The molecule has 7 heteroatoms. The van der Waals surface area contributed by atoms with Gasteiger partial charge in [-0.25, -0.2) is 9.18 Å². The summed E-state index contributed by atoms with van der Waals surface area (Å²) in [5.41, 5.74) is 3.34. The fourth-order valence-electron chi connectivity index (χ4n) is 4.04. The molecule has 3 aromatic carbocycles. The molecule has 0 radical (unpaired) electrons. The van der Waals surface area contributed by atoms with Crippen LogP contribution >= 0.6 is 0 Å². The molecular weight excluding hydrogens is 433 g/mol. The van der Waals surface area contributed by atoms with Gasteiger partial charge in [-0.1, -0.05) is 30.3 Å². The first-order chi connectivity index (χ1) is 16.5. The lowest BCUT2D eigenvalue weighted by molar-refractivity contribution is 0.0526. The second-order valence-corrected chi connectivity index (χ2v) is 8.16. The molecule has 0 bridgehead atoms. The molecule has 0 spiro atoms. The molecule has 1 aliphatic rings. The van der Waals surface area contributed by atoms with E-state index < -0.39 is 11.8 Å². The summed E-state index contributed by atoms with van der Waals surface area (Å²) in [7, 11) is 0. The Morgan fingerprint density at radius 2 is 1.59 bits per heavy atom. The number of hydrogen-bond donors (Lipinski definition) is 1. The number of rotatable bonds is 7. The van der Waals surface area contributed by atoms with Gasteiger partial charge >= 0.3 is 5.97 Å². The van der Waals surface area contributed by atoms with Crippen molar-refractivity contribution < 1.29 is 18.7 Å².